The number of phenolic OH excluding ortho intramolecular Hbond substituents is 1. The van der Waals surface area contributed by atoms with Gasteiger partial charge in [0.2, 0.25) is 5.78 Å². The summed E-state index contributed by atoms with van der Waals surface area (Å²) in [7, 11) is 0. The van der Waals surface area contributed by atoms with Crippen LogP contribution in [-0.4, -0.2) is 51.4 Å². The lowest BCUT2D eigenvalue weighted by Gasteiger charge is -2.29. The number of phenols is 1. The highest BCUT2D eigenvalue weighted by Crippen LogP contribution is 2.27. The quantitative estimate of drug-likeness (QED) is 0.607. The molecule has 3 atom stereocenters. The summed E-state index contributed by atoms with van der Waals surface area (Å²) in [5.74, 6) is -4.61. The number of aliphatic hydroxyl groups is 1. The largest absolute Gasteiger partial charge is 0.504 e. The molecule has 8 nitrogen and oxygen atoms in total. The minimum Gasteiger partial charge on any atom is -0.504 e. The number of aromatic hydroxyl groups is 1. The SMILES string of the molecule is O=C1C(=O)C(O)C(C(=O)O)OC1Oc1ccccc1O. The number of carbonyl (C=O) groups is 3. The van der Waals surface area contributed by atoms with Gasteiger partial charge in [-0.3, -0.25) is 9.59 Å². The van der Waals surface area contributed by atoms with E-state index in [9.17, 15) is 24.6 Å². The molecule has 3 unspecified atom stereocenters. The Kier molecular flexibility index (Phi) is 3.68. The van der Waals surface area contributed by atoms with Gasteiger partial charge in [-0.15, -0.1) is 0 Å². The van der Waals surface area contributed by atoms with Gasteiger partial charge in [0, 0.05) is 0 Å². The van der Waals surface area contributed by atoms with Crippen LogP contribution in [0.5, 0.6) is 11.5 Å². The Morgan fingerprint density at radius 2 is 1.85 bits per heavy atom. The highest BCUT2D eigenvalue weighted by molar-refractivity contribution is 6.41. The topological polar surface area (TPSA) is 130 Å². The van der Waals surface area contributed by atoms with Crippen LogP contribution in [0.1, 0.15) is 0 Å². The Morgan fingerprint density at radius 3 is 2.45 bits per heavy atom. The first-order valence-corrected chi connectivity index (χ1v) is 5.51. The zero-order chi connectivity index (χ0) is 14.9. The van der Waals surface area contributed by atoms with Gasteiger partial charge < -0.3 is 24.8 Å². The molecule has 0 radical (unpaired) electrons. The van der Waals surface area contributed by atoms with Gasteiger partial charge in [-0.25, -0.2) is 4.79 Å². The molecule has 3 N–H and O–H groups in total. The van der Waals surface area contributed by atoms with Gasteiger partial charge in [0.25, 0.3) is 12.1 Å². The van der Waals surface area contributed by atoms with Crippen LogP contribution in [-0.2, 0) is 19.1 Å². The van der Waals surface area contributed by atoms with Crippen molar-refractivity contribution in [3.63, 3.8) is 0 Å². The molecule has 2 rings (SSSR count). The lowest BCUT2D eigenvalue weighted by Crippen LogP contribution is -2.56. The lowest BCUT2D eigenvalue weighted by atomic mass is 10.0. The van der Waals surface area contributed by atoms with E-state index in [4.69, 9.17) is 14.6 Å². The molecular weight excluding hydrogens is 272 g/mol. The van der Waals surface area contributed by atoms with Crippen LogP contribution in [0.4, 0.5) is 0 Å². The third kappa shape index (κ3) is 2.46. The Balaban J connectivity index is 2.23. The number of rotatable bonds is 3. The Hall–Kier alpha value is -2.45. The maximum absolute atomic E-state index is 11.6. The second-order valence-corrected chi connectivity index (χ2v) is 3.99. The molecule has 1 aromatic carbocycles. The molecular formula is C12H10O8. The molecule has 0 bridgehead atoms. The number of ketones is 2. The predicted octanol–water partition coefficient (Wildman–Crippen LogP) is -0.920. The molecule has 1 aliphatic rings. The van der Waals surface area contributed by atoms with Gasteiger partial charge >= 0.3 is 5.97 Å². The fraction of sp³-hybridized carbons (Fsp3) is 0.250. The standard InChI is InChI=1S/C12H10O8/c13-5-3-1-2-4-6(5)19-12-9(16)7(14)8(15)10(20-12)11(17)18/h1-4,8,10,12-13,15H,(H,17,18). The summed E-state index contributed by atoms with van der Waals surface area (Å²) in [5.41, 5.74) is 0. The molecule has 1 aromatic rings. The summed E-state index contributed by atoms with van der Waals surface area (Å²) >= 11 is 0. The van der Waals surface area contributed by atoms with Crippen molar-refractivity contribution in [1.29, 1.82) is 0 Å². The Morgan fingerprint density at radius 1 is 1.20 bits per heavy atom. The zero-order valence-corrected chi connectivity index (χ0v) is 9.92. The van der Waals surface area contributed by atoms with E-state index in [0.29, 0.717) is 0 Å². The number of benzene rings is 1. The normalized spacial score (nSPS) is 26.4. The van der Waals surface area contributed by atoms with E-state index < -0.39 is 36.0 Å². The van der Waals surface area contributed by atoms with E-state index >= 15 is 0 Å². The highest BCUT2D eigenvalue weighted by Gasteiger charge is 2.48. The molecule has 0 saturated carbocycles. The number of carboxylic acids is 1. The van der Waals surface area contributed by atoms with E-state index in [1.54, 1.807) is 0 Å². The molecule has 1 heterocycles. The van der Waals surface area contributed by atoms with Crippen LogP contribution in [0.3, 0.4) is 0 Å². The van der Waals surface area contributed by atoms with E-state index in [-0.39, 0.29) is 11.5 Å². The molecule has 106 valence electrons. The van der Waals surface area contributed by atoms with E-state index in [2.05, 4.69) is 0 Å². The smallest absolute Gasteiger partial charge is 0.336 e. The van der Waals surface area contributed by atoms with Crippen molar-refractivity contribution in [2.24, 2.45) is 0 Å². The maximum Gasteiger partial charge on any atom is 0.336 e. The van der Waals surface area contributed by atoms with Gasteiger partial charge in [0.15, 0.2) is 23.7 Å². The second kappa shape index (κ2) is 5.27. The number of carboxylic acid groups (broad SMARTS) is 1. The van der Waals surface area contributed by atoms with Crippen LogP contribution < -0.4 is 4.74 Å². The summed E-state index contributed by atoms with van der Waals surface area (Å²) in [5, 5.41) is 27.6. The Labute approximate surface area is 112 Å². The van der Waals surface area contributed by atoms with E-state index in [1.807, 2.05) is 0 Å². The average molecular weight is 282 g/mol. The number of carbonyl (C=O) groups excluding carboxylic acids is 2. The van der Waals surface area contributed by atoms with Crippen molar-refractivity contribution in [3.05, 3.63) is 24.3 Å². The van der Waals surface area contributed by atoms with Crippen LogP contribution in [0.2, 0.25) is 0 Å². The van der Waals surface area contributed by atoms with Crippen LogP contribution in [0, 0.1) is 0 Å². The van der Waals surface area contributed by atoms with Crippen molar-refractivity contribution >= 4 is 17.5 Å². The molecule has 1 aliphatic heterocycles. The second-order valence-electron chi connectivity index (χ2n) is 3.99. The lowest BCUT2D eigenvalue weighted by molar-refractivity contribution is -0.202. The fourth-order valence-corrected chi connectivity index (χ4v) is 1.62. The average Bonchev–Trinajstić information content (AvgIpc) is 2.41. The van der Waals surface area contributed by atoms with Gasteiger partial charge in [0.1, 0.15) is 0 Å². The minimum absolute atomic E-state index is 0.154. The first kappa shape index (κ1) is 14.0. The van der Waals surface area contributed by atoms with Crippen LogP contribution >= 0.6 is 0 Å². The number of Topliss-reactive ketones (excluding diaryl/α,β-unsaturated/α-hetero) is 2. The first-order chi connectivity index (χ1) is 9.41. The number of aliphatic carboxylic acids is 1. The zero-order valence-electron chi connectivity index (χ0n) is 9.92. The van der Waals surface area contributed by atoms with Crippen molar-refractivity contribution in [3.8, 4) is 11.5 Å². The highest BCUT2D eigenvalue weighted by atomic mass is 16.7. The molecule has 20 heavy (non-hydrogen) atoms. The summed E-state index contributed by atoms with van der Waals surface area (Å²) in [6, 6.07) is 5.57. The molecule has 0 aliphatic carbocycles. The summed E-state index contributed by atoms with van der Waals surface area (Å²) < 4.78 is 9.73. The monoisotopic (exact) mass is 282 g/mol. The number of hydrogen-bond acceptors (Lipinski definition) is 7. The van der Waals surface area contributed by atoms with Crippen molar-refractivity contribution < 1.29 is 39.2 Å². The summed E-state index contributed by atoms with van der Waals surface area (Å²) in [6.07, 6.45) is -5.82. The van der Waals surface area contributed by atoms with E-state index in [1.165, 1.54) is 24.3 Å². The summed E-state index contributed by atoms with van der Waals surface area (Å²) in [4.78, 5) is 33.9. The van der Waals surface area contributed by atoms with Crippen molar-refractivity contribution in [1.82, 2.24) is 0 Å². The summed E-state index contributed by atoms with van der Waals surface area (Å²) in [6.45, 7) is 0. The number of ether oxygens (including phenoxy) is 2. The van der Waals surface area contributed by atoms with Gasteiger partial charge in [0.05, 0.1) is 0 Å². The third-order valence-corrected chi connectivity index (χ3v) is 2.63. The maximum atomic E-state index is 11.6. The van der Waals surface area contributed by atoms with Crippen molar-refractivity contribution in [2.45, 2.75) is 18.5 Å². The Bertz CT molecular complexity index is 566. The van der Waals surface area contributed by atoms with Gasteiger partial charge in [-0.05, 0) is 12.1 Å². The molecule has 0 spiro atoms. The predicted molar refractivity (Wildman–Crippen MR) is 61.1 cm³/mol. The van der Waals surface area contributed by atoms with Crippen LogP contribution in [0.15, 0.2) is 24.3 Å². The number of para-hydroxylation sites is 2. The number of hydrogen-bond donors (Lipinski definition) is 3. The molecule has 8 heteroatoms. The molecule has 0 amide bonds. The first-order valence-electron chi connectivity index (χ1n) is 5.51. The molecule has 0 aromatic heterocycles. The minimum atomic E-state index is -2.08. The van der Waals surface area contributed by atoms with E-state index in [0.717, 1.165) is 0 Å². The third-order valence-electron chi connectivity index (χ3n) is 2.63. The molecule has 1 fully saturated rings. The van der Waals surface area contributed by atoms with Crippen LogP contribution in [0.25, 0.3) is 0 Å². The van der Waals surface area contributed by atoms with Crippen molar-refractivity contribution in [2.75, 3.05) is 0 Å². The number of aliphatic hydroxyl groups excluding tert-OH is 1. The molecule has 1 saturated heterocycles. The van der Waals surface area contributed by atoms with Gasteiger partial charge in [-0.1, -0.05) is 12.1 Å². The fourth-order valence-electron chi connectivity index (χ4n) is 1.62. The van der Waals surface area contributed by atoms with Gasteiger partial charge in [-0.2, -0.15) is 0 Å².